The third kappa shape index (κ3) is 2.85. The Morgan fingerprint density at radius 3 is 2.96 bits per heavy atom. The number of nitrogens with two attached hydrogens (primary N) is 1. The number of aryl methyl sites for hydroxylation is 1. The molecule has 0 atom stereocenters. The highest BCUT2D eigenvalue weighted by molar-refractivity contribution is 5.71. The molecule has 3 rings (SSSR count). The normalized spacial score (nSPS) is 17.3. The molecule has 0 unspecified atom stereocenters. The van der Waals surface area contributed by atoms with Gasteiger partial charge in [0.15, 0.2) is 11.5 Å². The molecule has 0 spiro atoms. The van der Waals surface area contributed by atoms with E-state index in [1.54, 1.807) is 12.1 Å². The van der Waals surface area contributed by atoms with Gasteiger partial charge in [-0.1, -0.05) is 18.7 Å². The first-order chi connectivity index (χ1) is 11.1. The van der Waals surface area contributed by atoms with Crippen molar-refractivity contribution < 1.29 is 9.84 Å². The first-order valence-electron chi connectivity index (χ1n) is 7.38. The zero-order chi connectivity index (χ0) is 16.4. The van der Waals surface area contributed by atoms with Gasteiger partial charge in [0.05, 0.1) is 18.5 Å². The second-order valence-electron chi connectivity index (χ2n) is 5.36. The molecule has 1 aromatic carbocycles. The van der Waals surface area contributed by atoms with Gasteiger partial charge in [-0.3, -0.25) is 0 Å². The lowest BCUT2D eigenvalue weighted by atomic mass is 10.1. The van der Waals surface area contributed by atoms with Gasteiger partial charge < -0.3 is 15.6 Å². The van der Waals surface area contributed by atoms with Crippen LogP contribution in [0, 0.1) is 0 Å². The highest BCUT2D eigenvalue weighted by Gasteiger charge is 2.16. The number of hydrogen-bond acceptors (Lipinski definition) is 4. The molecule has 0 saturated heterocycles. The van der Waals surface area contributed by atoms with Gasteiger partial charge in [0, 0.05) is 11.3 Å². The number of benzene rings is 1. The molecule has 5 heteroatoms. The van der Waals surface area contributed by atoms with Gasteiger partial charge in [0.25, 0.3) is 0 Å². The number of rotatable bonds is 3. The summed E-state index contributed by atoms with van der Waals surface area (Å²) in [5, 5.41) is 14.4. The standard InChI is InChI=1S/C18H19N3O2/c1-12(19)15-11-14-6-4-3-5-7-16(21(14)20-15)13-8-9-17(22)18(10-13)23-2/h3,5,7-11,22H,1,4,6,19H2,2H3/b5-3-,16-7-. The molecule has 118 valence electrons. The van der Waals surface area contributed by atoms with Crippen LogP contribution in [0.3, 0.4) is 0 Å². The maximum atomic E-state index is 9.80. The number of aromatic nitrogens is 2. The molecule has 0 aliphatic carbocycles. The minimum absolute atomic E-state index is 0.106. The molecule has 0 radical (unpaired) electrons. The van der Waals surface area contributed by atoms with Gasteiger partial charge in [0.2, 0.25) is 0 Å². The predicted molar refractivity (Wildman–Crippen MR) is 90.9 cm³/mol. The van der Waals surface area contributed by atoms with Crippen LogP contribution >= 0.6 is 0 Å². The van der Waals surface area contributed by atoms with E-state index in [1.807, 2.05) is 29.0 Å². The van der Waals surface area contributed by atoms with Crippen LogP contribution < -0.4 is 10.5 Å². The molecule has 1 aliphatic heterocycles. The minimum atomic E-state index is 0.106. The number of phenolic OH excluding ortho intramolecular Hbond substituents is 1. The number of allylic oxidation sites excluding steroid dienone is 3. The van der Waals surface area contributed by atoms with E-state index in [4.69, 9.17) is 10.5 Å². The highest BCUT2D eigenvalue weighted by Crippen LogP contribution is 2.31. The van der Waals surface area contributed by atoms with Gasteiger partial charge >= 0.3 is 0 Å². The van der Waals surface area contributed by atoms with Crippen LogP contribution in [0.4, 0.5) is 0 Å². The number of nitrogens with zero attached hydrogens (tertiary/aromatic N) is 2. The average Bonchev–Trinajstić information content (AvgIpc) is 2.92. The Labute approximate surface area is 135 Å². The molecule has 3 N–H and O–H groups in total. The summed E-state index contributed by atoms with van der Waals surface area (Å²) in [6.07, 6.45) is 7.92. The number of phenols is 1. The molecule has 1 aliphatic rings. The maximum absolute atomic E-state index is 9.80. The van der Waals surface area contributed by atoms with Crippen LogP contribution in [0.2, 0.25) is 0 Å². The SMILES string of the molecule is C=C(N)c1cc2n(n1)/C(c1ccc(O)c(OC)c1)=C\C=C/CC2. The molecule has 0 amide bonds. The minimum Gasteiger partial charge on any atom is -0.504 e. The van der Waals surface area contributed by atoms with E-state index in [0.29, 0.717) is 17.1 Å². The van der Waals surface area contributed by atoms with E-state index in [9.17, 15) is 5.11 Å². The van der Waals surface area contributed by atoms with Crippen molar-refractivity contribution in [3.8, 4) is 11.5 Å². The molecular weight excluding hydrogens is 290 g/mol. The summed E-state index contributed by atoms with van der Waals surface area (Å²) in [6.45, 7) is 3.77. The Balaban J connectivity index is 2.15. The summed E-state index contributed by atoms with van der Waals surface area (Å²) in [5.74, 6) is 0.529. The van der Waals surface area contributed by atoms with Crippen molar-refractivity contribution in [1.29, 1.82) is 0 Å². The lowest BCUT2D eigenvalue weighted by molar-refractivity contribution is 0.373. The van der Waals surface area contributed by atoms with Crippen LogP contribution in [-0.4, -0.2) is 22.0 Å². The Morgan fingerprint density at radius 1 is 1.39 bits per heavy atom. The van der Waals surface area contributed by atoms with Gasteiger partial charge in [0.1, 0.15) is 5.69 Å². The van der Waals surface area contributed by atoms with E-state index in [-0.39, 0.29) is 5.75 Å². The van der Waals surface area contributed by atoms with Gasteiger partial charge in [-0.05, 0) is 43.2 Å². The molecule has 2 aromatic rings. The van der Waals surface area contributed by atoms with Crippen LogP contribution in [-0.2, 0) is 6.42 Å². The summed E-state index contributed by atoms with van der Waals surface area (Å²) in [4.78, 5) is 0. The smallest absolute Gasteiger partial charge is 0.161 e. The van der Waals surface area contributed by atoms with Crippen LogP contribution in [0.5, 0.6) is 11.5 Å². The van der Waals surface area contributed by atoms with E-state index < -0.39 is 0 Å². The number of aromatic hydroxyl groups is 1. The van der Waals surface area contributed by atoms with Crippen LogP contribution in [0.15, 0.2) is 49.1 Å². The van der Waals surface area contributed by atoms with Crippen LogP contribution in [0.25, 0.3) is 11.4 Å². The quantitative estimate of drug-likeness (QED) is 0.914. The lowest BCUT2D eigenvalue weighted by Gasteiger charge is -2.14. The molecule has 23 heavy (non-hydrogen) atoms. The Morgan fingerprint density at radius 2 is 2.22 bits per heavy atom. The molecule has 0 saturated carbocycles. The Kier molecular flexibility index (Phi) is 3.93. The molecule has 2 heterocycles. The van der Waals surface area contributed by atoms with E-state index in [2.05, 4.69) is 17.8 Å². The second kappa shape index (κ2) is 6.04. The molecule has 0 bridgehead atoms. The highest BCUT2D eigenvalue weighted by atomic mass is 16.5. The topological polar surface area (TPSA) is 73.3 Å². The fraction of sp³-hybridized carbons (Fsp3) is 0.167. The molecular formula is C18H19N3O2. The molecule has 1 aromatic heterocycles. The largest absolute Gasteiger partial charge is 0.504 e. The Bertz CT molecular complexity index is 816. The fourth-order valence-electron chi connectivity index (χ4n) is 2.58. The zero-order valence-electron chi connectivity index (χ0n) is 13.0. The summed E-state index contributed by atoms with van der Waals surface area (Å²) < 4.78 is 7.08. The second-order valence-corrected chi connectivity index (χ2v) is 5.36. The van der Waals surface area contributed by atoms with Crippen molar-refractivity contribution in [1.82, 2.24) is 9.78 Å². The summed E-state index contributed by atoms with van der Waals surface area (Å²) in [6, 6.07) is 7.21. The fourth-order valence-corrected chi connectivity index (χ4v) is 2.58. The number of methoxy groups -OCH3 is 1. The summed E-state index contributed by atoms with van der Waals surface area (Å²) >= 11 is 0. The first kappa shape index (κ1) is 15.0. The molecule has 5 nitrogen and oxygen atoms in total. The predicted octanol–water partition coefficient (Wildman–Crippen LogP) is 2.92. The monoisotopic (exact) mass is 309 g/mol. The third-order valence-corrected chi connectivity index (χ3v) is 3.77. The van der Waals surface area contributed by atoms with Crippen molar-refractivity contribution in [2.75, 3.05) is 7.11 Å². The number of fused-ring (bicyclic) bond motifs is 1. The van der Waals surface area contributed by atoms with E-state index in [1.165, 1.54) is 7.11 Å². The number of hydrogen-bond donors (Lipinski definition) is 2. The average molecular weight is 309 g/mol. The van der Waals surface area contributed by atoms with E-state index in [0.717, 1.165) is 29.8 Å². The van der Waals surface area contributed by atoms with Crippen molar-refractivity contribution >= 4 is 11.4 Å². The third-order valence-electron chi connectivity index (χ3n) is 3.77. The van der Waals surface area contributed by atoms with Crippen molar-refractivity contribution in [2.45, 2.75) is 12.8 Å². The lowest BCUT2D eigenvalue weighted by Crippen LogP contribution is -2.07. The van der Waals surface area contributed by atoms with Gasteiger partial charge in [-0.2, -0.15) is 5.10 Å². The van der Waals surface area contributed by atoms with Crippen molar-refractivity contribution in [2.24, 2.45) is 5.73 Å². The summed E-state index contributed by atoms with van der Waals surface area (Å²) in [5.41, 5.74) is 9.77. The molecule has 0 fully saturated rings. The van der Waals surface area contributed by atoms with Crippen molar-refractivity contribution in [3.63, 3.8) is 0 Å². The Hall–Kier alpha value is -2.95. The van der Waals surface area contributed by atoms with Gasteiger partial charge in [-0.15, -0.1) is 0 Å². The van der Waals surface area contributed by atoms with E-state index >= 15 is 0 Å². The number of ether oxygens (including phenoxy) is 1. The van der Waals surface area contributed by atoms with Gasteiger partial charge in [-0.25, -0.2) is 4.68 Å². The maximum Gasteiger partial charge on any atom is 0.161 e. The van der Waals surface area contributed by atoms with Crippen molar-refractivity contribution in [3.05, 3.63) is 66.0 Å². The van der Waals surface area contributed by atoms with Crippen LogP contribution in [0.1, 0.15) is 23.4 Å². The first-order valence-corrected chi connectivity index (χ1v) is 7.38. The zero-order valence-corrected chi connectivity index (χ0v) is 13.0. The summed E-state index contributed by atoms with van der Waals surface area (Å²) in [7, 11) is 1.53.